The summed E-state index contributed by atoms with van der Waals surface area (Å²) in [6.07, 6.45) is 0. The van der Waals surface area contributed by atoms with Gasteiger partial charge in [-0.2, -0.15) is 5.10 Å². The summed E-state index contributed by atoms with van der Waals surface area (Å²) in [5.74, 6) is -0.196. The molecule has 0 bridgehead atoms. The van der Waals surface area contributed by atoms with Gasteiger partial charge in [0.05, 0.1) is 21.5 Å². The lowest BCUT2D eigenvalue weighted by Crippen LogP contribution is -2.26. The SMILES string of the molecule is CC(=O)c1ccc(C(=O)N[C@@H](C)c2c(C)n[nH]c2C)s1. The second kappa shape index (κ2) is 5.58. The minimum Gasteiger partial charge on any atom is -0.345 e. The molecule has 20 heavy (non-hydrogen) atoms. The van der Waals surface area contributed by atoms with Gasteiger partial charge in [0.2, 0.25) is 0 Å². The first-order valence-corrected chi connectivity index (χ1v) is 7.15. The number of thiophene rings is 1. The summed E-state index contributed by atoms with van der Waals surface area (Å²) < 4.78 is 0. The highest BCUT2D eigenvalue weighted by molar-refractivity contribution is 7.15. The summed E-state index contributed by atoms with van der Waals surface area (Å²) in [7, 11) is 0. The predicted octanol–water partition coefficient (Wildman–Crippen LogP) is 2.78. The highest BCUT2D eigenvalue weighted by Gasteiger charge is 2.18. The van der Waals surface area contributed by atoms with Crippen molar-refractivity contribution in [2.45, 2.75) is 33.7 Å². The van der Waals surface area contributed by atoms with Crippen LogP contribution in [0.1, 0.15) is 56.2 Å². The highest BCUT2D eigenvalue weighted by atomic mass is 32.1. The van der Waals surface area contributed by atoms with Gasteiger partial charge in [-0.1, -0.05) is 0 Å². The van der Waals surface area contributed by atoms with Crippen LogP contribution in [0.25, 0.3) is 0 Å². The summed E-state index contributed by atoms with van der Waals surface area (Å²) in [4.78, 5) is 24.6. The standard InChI is InChI=1S/C14H17N3O2S/c1-7(13-8(2)16-17-9(13)3)15-14(19)12-6-5-11(20-12)10(4)18/h5-7H,1-4H3,(H,15,19)(H,16,17)/t7-/m0/s1. The minimum absolute atomic E-state index is 0.0244. The Morgan fingerprint density at radius 2 is 1.95 bits per heavy atom. The van der Waals surface area contributed by atoms with Gasteiger partial charge in [0.15, 0.2) is 5.78 Å². The number of H-pyrrole nitrogens is 1. The molecule has 0 radical (unpaired) electrons. The molecule has 0 fully saturated rings. The van der Waals surface area contributed by atoms with E-state index >= 15 is 0 Å². The first-order valence-electron chi connectivity index (χ1n) is 6.33. The van der Waals surface area contributed by atoms with Crippen LogP contribution < -0.4 is 5.32 Å². The van der Waals surface area contributed by atoms with Crippen molar-refractivity contribution in [3.05, 3.63) is 38.8 Å². The number of carbonyl (C=O) groups is 2. The Hall–Kier alpha value is -1.95. The van der Waals surface area contributed by atoms with Crippen molar-refractivity contribution < 1.29 is 9.59 Å². The molecule has 2 heterocycles. The predicted molar refractivity (Wildman–Crippen MR) is 78.3 cm³/mol. The monoisotopic (exact) mass is 291 g/mol. The van der Waals surface area contributed by atoms with Crippen LogP contribution in [0, 0.1) is 13.8 Å². The van der Waals surface area contributed by atoms with Crippen LogP contribution in [0.4, 0.5) is 0 Å². The van der Waals surface area contributed by atoms with E-state index in [-0.39, 0.29) is 17.7 Å². The third-order valence-electron chi connectivity index (χ3n) is 3.14. The summed E-state index contributed by atoms with van der Waals surface area (Å²) in [6.45, 7) is 7.24. The highest BCUT2D eigenvalue weighted by Crippen LogP contribution is 2.21. The number of aromatic nitrogens is 2. The molecule has 2 aromatic heterocycles. The van der Waals surface area contributed by atoms with Gasteiger partial charge in [0.25, 0.3) is 5.91 Å². The Morgan fingerprint density at radius 1 is 1.30 bits per heavy atom. The summed E-state index contributed by atoms with van der Waals surface area (Å²) >= 11 is 1.21. The van der Waals surface area contributed by atoms with Crippen molar-refractivity contribution in [1.82, 2.24) is 15.5 Å². The number of rotatable bonds is 4. The van der Waals surface area contributed by atoms with E-state index in [0.29, 0.717) is 9.75 Å². The molecule has 6 heteroatoms. The second-order valence-electron chi connectivity index (χ2n) is 4.76. The Kier molecular flexibility index (Phi) is 4.04. The maximum Gasteiger partial charge on any atom is 0.261 e. The quantitative estimate of drug-likeness (QED) is 0.851. The number of Topliss-reactive ketones (excluding diaryl/α,β-unsaturated/α-hetero) is 1. The van der Waals surface area contributed by atoms with Crippen LogP contribution >= 0.6 is 11.3 Å². The number of hydrogen-bond donors (Lipinski definition) is 2. The zero-order valence-corrected chi connectivity index (χ0v) is 12.7. The van der Waals surface area contributed by atoms with Gasteiger partial charge < -0.3 is 5.32 Å². The lowest BCUT2D eigenvalue weighted by Gasteiger charge is -2.13. The van der Waals surface area contributed by atoms with Crippen LogP contribution in [-0.4, -0.2) is 21.9 Å². The Bertz CT molecular complexity index is 638. The zero-order valence-electron chi connectivity index (χ0n) is 11.9. The van der Waals surface area contributed by atoms with E-state index in [4.69, 9.17) is 0 Å². The summed E-state index contributed by atoms with van der Waals surface area (Å²) in [5, 5.41) is 9.97. The van der Waals surface area contributed by atoms with Crippen LogP contribution in [0.5, 0.6) is 0 Å². The van der Waals surface area contributed by atoms with Gasteiger partial charge in [-0.15, -0.1) is 11.3 Å². The topological polar surface area (TPSA) is 74.8 Å². The van der Waals surface area contributed by atoms with Crippen molar-refractivity contribution >= 4 is 23.0 Å². The molecule has 0 saturated heterocycles. The normalized spacial score (nSPS) is 12.2. The average Bonchev–Trinajstić information content (AvgIpc) is 2.96. The smallest absolute Gasteiger partial charge is 0.261 e. The average molecular weight is 291 g/mol. The number of nitrogens with zero attached hydrogens (tertiary/aromatic N) is 1. The van der Waals surface area contributed by atoms with Crippen LogP contribution in [-0.2, 0) is 0 Å². The molecule has 0 aliphatic rings. The molecule has 106 valence electrons. The minimum atomic E-state index is -0.171. The van der Waals surface area contributed by atoms with Gasteiger partial charge in [0.1, 0.15) is 0 Å². The van der Waals surface area contributed by atoms with Crippen molar-refractivity contribution in [3.8, 4) is 0 Å². The van der Waals surface area contributed by atoms with E-state index in [9.17, 15) is 9.59 Å². The van der Waals surface area contributed by atoms with Gasteiger partial charge in [-0.25, -0.2) is 0 Å². The van der Waals surface area contributed by atoms with Crippen molar-refractivity contribution in [1.29, 1.82) is 0 Å². The maximum atomic E-state index is 12.2. The number of aromatic amines is 1. The van der Waals surface area contributed by atoms with Gasteiger partial charge >= 0.3 is 0 Å². The van der Waals surface area contributed by atoms with Crippen LogP contribution in [0.15, 0.2) is 12.1 Å². The number of aryl methyl sites for hydroxylation is 2. The first-order chi connectivity index (χ1) is 9.40. The summed E-state index contributed by atoms with van der Waals surface area (Å²) in [6, 6.07) is 3.23. The molecular formula is C14H17N3O2S. The van der Waals surface area contributed by atoms with E-state index in [1.807, 2.05) is 20.8 Å². The molecule has 0 aliphatic heterocycles. The fourth-order valence-electron chi connectivity index (χ4n) is 2.19. The molecule has 2 N–H and O–H groups in total. The summed E-state index contributed by atoms with van der Waals surface area (Å²) in [5.41, 5.74) is 2.83. The number of amides is 1. The first kappa shape index (κ1) is 14.5. The number of ketones is 1. The molecule has 1 amide bonds. The molecule has 0 spiro atoms. The molecule has 1 atom stereocenters. The molecule has 2 aromatic rings. The van der Waals surface area contributed by atoms with Crippen LogP contribution in [0.3, 0.4) is 0 Å². The van der Waals surface area contributed by atoms with Crippen molar-refractivity contribution in [3.63, 3.8) is 0 Å². The van der Waals surface area contributed by atoms with E-state index < -0.39 is 0 Å². The number of carbonyl (C=O) groups excluding carboxylic acids is 2. The van der Waals surface area contributed by atoms with E-state index in [1.165, 1.54) is 18.3 Å². The van der Waals surface area contributed by atoms with E-state index in [2.05, 4.69) is 15.5 Å². The lowest BCUT2D eigenvalue weighted by molar-refractivity contribution is 0.0943. The fourth-order valence-corrected chi connectivity index (χ4v) is 2.99. The van der Waals surface area contributed by atoms with Crippen LogP contribution in [0.2, 0.25) is 0 Å². The van der Waals surface area contributed by atoms with E-state index in [0.717, 1.165) is 17.0 Å². The molecule has 0 unspecified atom stereocenters. The molecule has 0 saturated carbocycles. The van der Waals surface area contributed by atoms with Gasteiger partial charge in [-0.3, -0.25) is 14.7 Å². The third-order valence-corrected chi connectivity index (χ3v) is 4.33. The Balaban J connectivity index is 2.13. The van der Waals surface area contributed by atoms with E-state index in [1.54, 1.807) is 12.1 Å². The third kappa shape index (κ3) is 2.80. The van der Waals surface area contributed by atoms with Gasteiger partial charge in [-0.05, 0) is 39.8 Å². The largest absolute Gasteiger partial charge is 0.345 e. The Labute approximate surface area is 121 Å². The van der Waals surface area contributed by atoms with Gasteiger partial charge in [0, 0.05) is 11.3 Å². The number of nitrogens with one attached hydrogen (secondary N) is 2. The zero-order chi connectivity index (χ0) is 14.9. The molecule has 5 nitrogen and oxygen atoms in total. The lowest BCUT2D eigenvalue weighted by atomic mass is 10.1. The number of hydrogen-bond acceptors (Lipinski definition) is 4. The maximum absolute atomic E-state index is 12.2. The molecule has 0 aliphatic carbocycles. The van der Waals surface area contributed by atoms with Crippen molar-refractivity contribution in [2.24, 2.45) is 0 Å². The molecule has 0 aromatic carbocycles. The Morgan fingerprint density at radius 3 is 2.45 bits per heavy atom. The second-order valence-corrected chi connectivity index (χ2v) is 5.85. The fraction of sp³-hybridized carbons (Fsp3) is 0.357. The molecule has 2 rings (SSSR count). The van der Waals surface area contributed by atoms with Crippen molar-refractivity contribution in [2.75, 3.05) is 0 Å². The molecular weight excluding hydrogens is 274 g/mol.